The quantitative estimate of drug-likeness (QED) is 0.582. The number of hydrogen-bond donors (Lipinski definition) is 0. The first kappa shape index (κ1) is 11.2. The van der Waals surface area contributed by atoms with Crippen molar-refractivity contribution >= 4 is 23.8 Å². The lowest BCUT2D eigenvalue weighted by Crippen LogP contribution is -2.19. The molecule has 1 aromatic heterocycles. The van der Waals surface area contributed by atoms with Crippen molar-refractivity contribution in [2.24, 2.45) is 0 Å². The van der Waals surface area contributed by atoms with Crippen LogP contribution in [-0.2, 0) is 0 Å². The van der Waals surface area contributed by atoms with Crippen LogP contribution in [0.25, 0.3) is 6.20 Å². The van der Waals surface area contributed by atoms with Gasteiger partial charge in [0, 0.05) is 19.3 Å². The fourth-order valence-electron chi connectivity index (χ4n) is 2.04. The van der Waals surface area contributed by atoms with E-state index in [2.05, 4.69) is 34.1 Å². The smallest absolute Gasteiger partial charge is 0.113 e. The molecule has 2 rings (SSSR count). The van der Waals surface area contributed by atoms with Gasteiger partial charge in [0.05, 0.1) is 10.8 Å². The highest BCUT2D eigenvalue weighted by atomic mass is 32.2. The Bertz CT molecular complexity index is 408. The van der Waals surface area contributed by atoms with Gasteiger partial charge in [0.2, 0.25) is 0 Å². The van der Waals surface area contributed by atoms with Gasteiger partial charge in [-0.15, -0.1) is 6.42 Å². The van der Waals surface area contributed by atoms with Crippen molar-refractivity contribution in [3.05, 3.63) is 18.7 Å². The number of thioether (sulfide) groups is 1. The summed E-state index contributed by atoms with van der Waals surface area (Å²) in [5.41, 5.74) is 0. The maximum Gasteiger partial charge on any atom is 0.113 e. The molecule has 0 spiro atoms. The largest absolute Gasteiger partial charge is 0.358 e. The summed E-state index contributed by atoms with van der Waals surface area (Å²) in [7, 11) is 0. The molecule has 0 amide bonds. The van der Waals surface area contributed by atoms with E-state index in [0.29, 0.717) is 5.75 Å². The molecule has 1 aliphatic rings. The third kappa shape index (κ3) is 2.12. The lowest BCUT2D eigenvalue weighted by atomic mass is 10.4. The number of anilines is 1. The zero-order chi connectivity index (χ0) is 11.4. The van der Waals surface area contributed by atoms with Gasteiger partial charge in [-0.05, 0) is 25.0 Å². The van der Waals surface area contributed by atoms with Gasteiger partial charge >= 0.3 is 0 Å². The molecule has 0 aromatic carbocycles. The molecular weight excluding hydrogens is 216 g/mol. The molecule has 0 bridgehead atoms. The highest BCUT2D eigenvalue weighted by molar-refractivity contribution is 7.99. The number of hydrogen-bond acceptors (Lipinski definition) is 2. The predicted molar refractivity (Wildman–Crippen MR) is 71.8 cm³/mol. The predicted octanol–water partition coefficient (Wildman–Crippen LogP) is 2.91. The van der Waals surface area contributed by atoms with Crippen LogP contribution >= 0.6 is 11.8 Å². The van der Waals surface area contributed by atoms with Gasteiger partial charge in [0.15, 0.2) is 0 Å². The molecule has 1 saturated heterocycles. The van der Waals surface area contributed by atoms with E-state index < -0.39 is 0 Å². The Kier molecular flexibility index (Phi) is 3.63. The molecule has 0 radical (unpaired) electrons. The van der Waals surface area contributed by atoms with E-state index in [-0.39, 0.29) is 0 Å². The second-order valence-electron chi connectivity index (χ2n) is 3.77. The lowest BCUT2D eigenvalue weighted by molar-refractivity contribution is 0.890. The minimum Gasteiger partial charge on any atom is -0.358 e. The first-order valence-electron chi connectivity index (χ1n) is 5.52. The molecule has 3 heteroatoms. The van der Waals surface area contributed by atoms with Gasteiger partial charge in [-0.3, -0.25) is 4.57 Å². The van der Waals surface area contributed by atoms with Gasteiger partial charge < -0.3 is 4.90 Å². The van der Waals surface area contributed by atoms with E-state index in [1.54, 1.807) is 11.8 Å². The molecule has 1 fully saturated rings. The van der Waals surface area contributed by atoms with Gasteiger partial charge in [-0.1, -0.05) is 24.3 Å². The normalized spacial score (nSPS) is 15.1. The minimum atomic E-state index is 0.706. The Labute approximate surface area is 101 Å². The van der Waals surface area contributed by atoms with Crippen LogP contribution < -0.4 is 4.90 Å². The van der Waals surface area contributed by atoms with Crippen LogP contribution in [0.4, 0.5) is 5.82 Å². The minimum absolute atomic E-state index is 0.706. The van der Waals surface area contributed by atoms with Crippen LogP contribution in [0.5, 0.6) is 0 Å². The molecule has 2 heterocycles. The Hall–Kier alpha value is -1.27. The van der Waals surface area contributed by atoms with E-state index >= 15 is 0 Å². The van der Waals surface area contributed by atoms with E-state index in [9.17, 15) is 0 Å². The zero-order valence-electron chi connectivity index (χ0n) is 9.35. The molecule has 0 N–H and O–H groups in total. The average molecular weight is 232 g/mol. The molecule has 84 valence electrons. The summed E-state index contributed by atoms with van der Waals surface area (Å²) >= 11 is 1.68. The molecule has 2 nitrogen and oxygen atoms in total. The summed E-state index contributed by atoms with van der Waals surface area (Å²) in [5.74, 6) is 4.60. The number of nitrogens with zero attached hydrogens (tertiary/aromatic N) is 2. The van der Waals surface area contributed by atoms with Crippen molar-refractivity contribution in [2.75, 3.05) is 23.7 Å². The summed E-state index contributed by atoms with van der Waals surface area (Å²) in [6.07, 6.45) is 9.72. The monoisotopic (exact) mass is 232 g/mol. The maximum atomic E-state index is 5.28. The third-order valence-electron chi connectivity index (χ3n) is 2.78. The van der Waals surface area contributed by atoms with Crippen LogP contribution in [0.3, 0.4) is 0 Å². The van der Waals surface area contributed by atoms with E-state index in [1.807, 2.05) is 6.20 Å². The molecule has 0 unspecified atom stereocenters. The third-order valence-corrected chi connectivity index (χ3v) is 3.71. The van der Waals surface area contributed by atoms with Crippen molar-refractivity contribution in [1.29, 1.82) is 0 Å². The van der Waals surface area contributed by atoms with Crippen molar-refractivity contribution in [3.63, 3.8) is 0 Å². The lowest BCUT2D eigenvalue weighted by Gasteiger charge is -2.19. The fourth-order valence-corrected chi connectivity index (χ4v) is 2.74. The highest BCUT2D eigenvalue weighted by Gasteiger charge is 2.16. The zero-order valence-corrected chi connectivity index (χ0v) is 10.2. The first-order chi connectivity index (χ1) is 7.86. The van der Waals surface area contributed by atoms with E-state index in [1.165, 1.54) is 23.7 Å². The molecule has 0 saturated carbocycles. The van der Waals surface area contributed by atoms with Gasteiger partial charge in [-0.2, -0.15) is 0 Å². The van der Waals surface area contributed by atoms with Crippen molar-refractivity contribution in [1.82, 2.24) is 4.57 Å². The van der Waals surface area contributed by atoms with E-state index in [0.717, 1.165) is 13.1 Å². The maximum absolute atomic E-state index is 5.28. The highest BCUT2D eigenvalue weighted by Crippen LogP contribution is 2.29. The summed E-state index contributed by atoms with van der Waals surface area (Å²) in [5, 5.41) is 1.18. The number of aromatic nitrogens is 1. The van der Waals surface area contributed by atoms with Crippen LogP contribution in [0.1, 0.15) is 12.8 Å². The number of rotatable bonds is 4. The van der Waals surface area contributed by atoms with Gasteiger partial charge in [0.1, 0.15) is 5.82 Å². The van der Waals surface area contributed by atoms with Crippen LogP contribution in [0, 0.1) is 12.3 Å². The topological polar surface area (TPSA) is 8.17 Å². The van der Waals surface area contributed by atoms with Crippen LogP contribution in [-0.4, -0.2) is 23.4 Å². The Balaban J connectivity index is 2.22. The second kappa shape index (κ2) is 5.18. The van der Waals surface area contributed by atoms with Crippen LogP contribution in [0.15, 0.2) is 23.7 Å². The molecule has 1 aromatic rings. The Morgan fingerprint density at radius 3 is 2.81 bits per heavy atom. The van der Waals surface area contributed by atoms with E-state index in [4.69, 9.17) is 6.42 Å². The molecule has 0 atom stereocenters. The van der Waals surface area contributed by atoms with Gasteiger partial charge in [0.25, 0.3) is 0 Å². The standard InChI is InChI=1S/C13H16N2S/c1-3-11-16-13-8-7-12(15(13)4-2)14-9-5-6-10-14/h1,4,7-8H,2,5-6,9-11H2. The average Bonchev–Trinajstić information content (AvgIpc) is 2.94. The molecular formula is C13H16N2S. The summed E-state index contributed by atoms with van der Waals surface area (Å²) in [6, 6.07) is 4.28. The summed E-state index contributed by atoms with van der Waals surface area (Å²) in [6.45, 7) is 6.18. The molecule has 16 heavy (non-hydrogen) atoms. The second-order valence-corrected chi connectivity index (χ2v) is 4.76. The summed E-state index contributed by atoms with van der Waals surface area (Å²) in [4.78, 5) is 2.40. The first-order valence-corrected chi connectivity index (χ1v) is 6.50. The SMILES string of the molecule is C#CCSc1ccc(N2CCCC2)n1C=C. The Morgan fingerprint density at radius 2 is 2.19 bits per heavy atom. The number of terminal acetylenes is 1. The molecule has 1 aliphatic heterocycles. The Morgan fingerprint density at radius 1 is 1.44 bits per heavy atom. The fraction of sp³-hybridized carbons (Fsp3) is 0.385. The van der Waals surface area contributed by atoms with Crippen LogP contribution in [0.2, 0.25) is 0 Å². The molecule has 0 aliphatic carbocycles. The van der Waals surface area contributed by atoms with Crippen molar-refractivity contribution in [2.45, 2.75) is 17.9 Å². The van der Waals surface area contributed by atoms with Gasteiger partial charge in [-0.25, -0.2) is 0 Å². The van der Waals surface area contributed by atoms with Crippen molar-refractivity contribution in [3.8, 4) is 12.3 Å². The van der Waals surface area contributed by atoms with Crippen molar-refractivity contribution < 1.29 is 0 Å². The summed E-state index contributed by atoms with van der Waals surface area (Å²) < 4.78 is 2.13.